The maximum absolute atomic E-state index is 5.77. The minimum Gasteiger partial charge on any atom is -0.375 e. The summed E-state index contributed by atoms with van der Waals surface area (Å²) >= 11 is 5.77. The molecule has 1 aromatic carbocycles. The Bertz CT molecular complexity index is 258. The van der Waals surface area contributed by atoms with Gasteiger partial charge < -0.3 is 10.5 Å². The van der Waals surface area contributed by atoms with Crippen LogP contribution in [0.5, 0.6) is 0 Å². The first-order valence-corrected chi connectivity index (χ1v) is 4.56. The lowest BCUT2D eigenvalue weighted by atomic mass is 10.0. The summed E-state index contributed by atoms with van der Waals surface area (Å²) in [6, 6.07) is 7.52. The number of hydrogen-bond acceptors (Lipinski definition) is 2. The van der Waals surface area contributed by atoms with Crippen LogP contribution in [0.25, 0.3) is 0 Å². The van der Waals surface area contributed by atoms with E-state index in [9.17, 15) is 0 Å². The van der Waals surface area contributed by atoms with Crippen molar-refractivity contribution in [1.82, 2.24) is 0 Å². The summed E-state index contributed by atoms with van der Waals surface area (Å²) in [4.78, 5) is 0. The second kappa shape index (κ2) is 4.61. The van der Waals surface area contributed by atoms with E-state index in [1.165, 1.54) is 0 Å². The zero-order chi connectivity index (χ0) is 9.84. The van der Waals surface area contributed by atoms with Crippen LogP contribution < -0.4 is 5.73 Å². The van der Waals surface area contributed by atoms with Gasteiger partial charge in [0.15, 0.2) is 0 Å². The molecule has 0 spiro atoms. The van der Waals surface area contributed by atoms with Gasteiger partial charge in [-0.05, 0) is 24.6 Å². The molecule has 0 radical (unpaired) electrons. The van der Waals surface area contributed by atoms with E-state index < -0.39 is 0 Å². The number of benzene rings is 1. The highest BCUT2D eigenvalue weighted by molar-refractivity contribution is 6.30. The molecular formula is C10H14ClNO. The van der Waals surface area contributed by atoms with Crippen molar-refractivity contribution in [3.63, 3.8) is 0 Å². The Morgan fingerprint density at radius 1 is 1.31 bits per heavy atom. The van der Waals surface area contributed by atoms with Crippen molar-refractivity contribution >= 4 is 11.6 Å². The Morgan fingerprint density at radius 3 is 2.23 bits per heavy atom. The molecule has 0 aliphatic rings. The quantitative estimate of drug-likeness (QED) is 0.812. The molecule has 2 nitrogen and oxygen atoms in total. The summed E-state index contributed by atoms with van der Waals surface area (Å²) in [5.74, 6) is 0. The van der Waals surface area contributed by atoms with Gasteiger partial charge in [0.1, 0.15) is 0 Å². The summed E-state index contributed by atoms with van der Waals surface area (Å²) in [6.45, 7) is 1.92. The molecule has 3 heteroatoms. The highest BCUT2D eigenvalue weighted by Crippen LogP contribution is 2.21. The van der Waals surface area contributed by atoms with Crippen LogP contribution in [0.1, 0.15) is 18.6 Å². The number of rotatable bonds is 3. The molecule has 0 unspecified atom stereocenters. The van der Waals surface area contributed by atoms with Crippen LogP contribution >= 0.6 is 11.6 Å². The van der Waals surface area contributed by atoms with E-state index in [1.807, 2.05) is 31.2 Å². The largest absolute Gasteiger partial charge is 0.375 e. The van der Waals surface area contributed by atoms with E-state index in [1.54, 1.807) is 7.11 Å². The maximum atomic E-state index is 5.77. The second-order valence-corrected chi connectivity index (χ2v) is 3.50. The third kappa shape index (κ3) is 2.69. The van der Waals surface area contributed by atoms with Crippen LogP contribution in [-0.4, -0.2) is 13.2 Å². The molecule has 0 aliphatic heterocycles. The van der Waals surface area contributed by atoms with Crippen molar-refractivity contribution in [3.8, 4) is 0 Å². The van der Waals surface area contributed by atoms with E-state index in [-0.39, 0.29) is 12.1 Å². The second-order valence-electron chi connectivity index (χ2n) is 3.07. The van der Waals surface area contributed by atoms with Gasteiger partial charge in [-0.1, -0.05) is 23.7 Å². The van der Waals surface area contributed by atoms with Gasteiger partial charge in [-0.25, -0.2) is 0 Å². The predicted octanol–water partition coefficient (Wildman–Crippen LogP) is 2.37. The van der Waals surface area contributed by atoms with Crippen molar-refractivity contribution in [3.05, 3.63) is 34.9 Å². The van der Waals surface area contributed by atoms with Gasteiger partial charge in [-0.3, -0.25) is 0 Å². The number of hydrogen-bond donors (Lipinski definition) is 1. The smallest absolute Gasteiger partial charge is 0.0969 e. The van der Waals surface area contributed by atoms with Crippen molar-refractivity contribution in [2.75, 3.05) is 7.11 Å². The summed E-state index contributed by atoms with van der Waals surface area (Å²) in [7, 11) is 1.66. The standard InChI is InChI=1S/C10H14ClNO/c1-7(12)10(13-2)8-3-5-9(11)6-4-8/h3-7,10H,12H2,1-2H3/t7-,10-/m1/s1. The lowest BCUT2D eigenvalue weighted by molar-refractivity contribution is 0.0854. The van der Waals surface area contributed by atoms with E-state index in [0.29, 0.717) is 0 Å². The summed E-state index contributed by atoms with van der Waals surface area (Å²) in [6.07, 6.45) is -0.0581. The fourth-order valence-electron chi connectivity index (χ4n) is 1.31. The van der Waals surface area contributed by atoms with Crippen LogP contribution in [0.15, 0.2) is 24.3 Å². The number of ether oxygens (including phenoxy) is 1. The Morgan fingerprint density at radius 2 is 1.85 bits per heavy atom. The minimum absolute atomic E-state index is 0.0221. The van der Waals surface area contributed by atoms with Gasteiger partial charge in [0.2, 0.25) is 0 Å². The third-order valence-electron chi connectivity index (χ3n) is 1.93. The average molecular weight is 200 g/mol. The van der Waals surface area contributed by atoms with Crippen molar-refractivity contribution in [2.45, 2.75) is 19.1 Å². The lowest BCUT2D eigenvalue weighted by Gasteiger charge is -2.19. The molecule has 0 bridgehead atoms. The van der Waals surface area contributed by atoms with E-state index >= 15 is 0 Å². The first-order valence-electron chi connectivity index (χ1n) is 4.19. The van der Waals surface area contributed by atoms with Gasteiger partial charge in [-0.15, -0.1) is 0 Å². The fourth-order valence-corrected chi connectivity index (χ4v) is 1.43. The Kier molecular flexibility index (Phi) is 3.72. The van der Waals surface area contributed by atoms with Gasteiger partial charge in [-0.2, -0.15) is 0 Å². The molecule has 2 N–H and O–H groups in total. The van der Waals surface area contributed by atoms with Crippen LogP contribution in [0.4, 0.5) is 0 Å². The average Bonchev–Trinajstić information content (AvgIpc) is 2.09. The zero-order valence-electron chi connectivity index (χ0n) is 7.83. The van der Waals surface area contributed by atoms with Crippen LogP contribution in [0, 0.1) is 0 Å². The van der Waals surface area contributed by atoms with E-state index in [4.69, 9.17) is 22.1 Å². The number of nitrogens with two attached hydrogens (primary N) is 1. The van der Waals surface area contributed by atoms with Gasteiger partial charge in [0.25, 0.3) is 0 Å². The monoisotopic (exact) mass is 199 g/mol. The molecule has 0 saturated heterocycles. The van der Waals surface area contributed by atoms with Crippen LogP contribution in [-0.2, 0) is 4.74 Å². The first kappa shape index (κ1) is 10.5. The molecule has 0 fully saturated rings. The van der Waals surface area contributed by atoms with Gasteiger partial charge in [0.05, 0.1) is 6.10 Å². The summed E-state index contributed by atoms with van der Waals surface area (Å²) in [5, 5.41) is 0.725. The summed E-state index contributed by atoms with van der Waals surface area (Å²) in [5.41, 5.74) is 6.82. The van der Waals surface area contributed by atoms with E-state index in [0.717, 1.165) is 10.6 Å². The highest BCUT2D eigenvalue weighted by atomic mass is 35.5. The highest BCUT2D eigenvalue weighted by Gasteiger charge is 2.14. The predicted molar refractivity (Wildman–Crippen MR) is 54.9 cm³/mol. The topological polar surface area (TPSA) is 35.2 Å². The molecule has 0 saturated carbocycles. The van der Waals surface area contributed by atoms with E-state index in [2.05, 4.69) is 0 Å². The SMILES string of the molecule is CO[C@@H](c1ccc(Cl)cc1)[C@@H](C)N. The van der Waals surface area contributed by atoms with Crippen molar-refractivity contribution in [1.29, 1.82) is 0 Å². The van der Waals surface area contributed by atoms with Crippen molar-refractivity contribution in [2.24, 2.45) is 5.73 Å². The maximum Gasteiger partial charge on any atom is 0.0969 e. The van der Waals surface area contributed by atoms with Crippen LogP contribution in [0.2, 0.25) is 5.02 Å². The Hall–Kier alpha value is -0.570. The minimum atomic E-state index is -0.0581. The number of halogens is 1. The Balaban J connectivity index is 2.86. The molecule has 13 heavy (non-hydrogen) atoms. The fraction of sp³-hybridized carbons (Fsp3) is 0.400. The molecule has 1 rings (SSSR count). The summed E-state index contributed by atoms with van der Waals surface area (Å²) < 4.78 is 5.27. The molecule has 1 aromatic rings. The van der Waals surface area contributed by atoms with Crippen LogP contribution in [0.3, 0.4) is 0 Å². The molecule has 0 amide bonds. The Labute approximate surface area is 83.6 Å². The third-order valence-corrected chi connectivity index (χ3v) is 2.18. The molecular weight excluding hydrogens is 186 g/mol. The molecule has 0 heterocycles. The molecule has 0 aromatic heterocycles. The van der Waals surface area contributed by atoms with Gasteiger partial charge >= 0.3 is 0 Å². The number of methoxy groups -OCH3 is 1. The molecule has 2 atom stereocenters. The zero-order valence-corrected chi connectivity index (χ0v) is 8.58. The van der Waals surface area contributed by atoms with Crippen molar-refractivity contribution < 1.29 is 4.74 Å². The first-order chi connectivity index (χ1) is 6.15. The van der Waals surface area contributed by atoms with Gasteiger partial charge in [0, 0.05) is 18.2 Å². The lowest BCUT2D eigenvalue weighted by Crippen LogP contribution is -2.25. The molecule has 72 valence electrons. The molecule has 0 aliphatic carbocycles. The normalized spacial score (nSPS) is 15.4.